The van der Waals surface area contributed by atoms with Crippen molar-refractivity contribution >= 4 is 43.4 Å². The quantitative estimate of drug-likeness (QED) is 0.865. The molecule has 0 unspecified atom stereocenters. The van der Waals surface area contributed by atoms with E-state index in [1.54, 1.807) is 6.07 Å². The van der Waals surface area contributed by atoms with Crippen molar-refractivity contribution in [2.24, 2.45) is 0 Å². The highest BCUT2D eigenvalue weighted by atomic mass is 79.9. The highest BCUT2D eigenvalue weighted by Crippen LogP contribution is 2.29. The molecule has 0 saturated carbocycles. The minimum atomic E-state index is -3.90. The van der Waals surface area contributed by atoms with Gasteiger partial charge in [-0.25, -0.2) is 13.4 Å². The van der Waals surface area contributed by atoms with Crippen LogP contribution in [0.15, 0.2) is 38.4 Å². The summed E-state index contributed by atoms with van der Waals surface area (Å²) < 4.78 is 31.5. The molecule has 0 fully saturated rings. The molecule has 19 heavy (non-hydrogen) atoms. The average Bonchev–Trinajstić information content (AvgIpc) is 2.74. The summed E-state index contributed by atoms with van der Waals surface area (Å²) in [7, 11) is -3.90. The Labute approximate surface area is 122 Å². The zero-order valence-corrected chi connectivity index (χ0v) is 12.5. The summed E-state index contributed by atoms with van der Waals surface area (Å²) in [5, 5.41) is 9.09. The van der Waals surface area contributed by atoms with Gasteiger partial charge in [0.2, 0.25) is 0 Å². The Morgan fingerprint density at radius 3 is 2.84 bits per heavy atom. The van der Waals surface area contributed by atoms with E-state index in [0.717, 1.165) is 0 Å². The Kier molecular flexibility index (Phi) is 4.14. The lowest BCUT2D eigenvalue weighted by atomic mass is 10.5. The van der Waals surface area contributed by atoms with E-state index >= 15 is 0 Å². The predicted molar refractivity (Wildman–Crippen MR) is 72.4 cm³/mol. The van der Waals surface area contributed by atoms with E-state index in [1.165, 1.54) is 18.3 Å². The zero-order chi connectivity index (χ0) is 14.0. The number of aliphatic hydroxyl groups is 1. The highest BCUT2D eigenvalue weighted by molar-refractivity contribution is 9.10. The normalized spacial score (nSPS) is 11.5. The standard InChI is InChI=1S/C10H8BrClN2O4S/c11-9-8(4-6(5-15)18-9)19(16,17)14-10-7(12)2-1-3-13-10/h1-4,15H,5H2,(H,13,14). The number of furan rings is 1. The molecule has 2 aromatic rings. The lowest BCUT2D eigenvalue weighted by molar-refractivity contribution is 0.245. The van der Waals surface area contributed by atoms with Crippen molar-refractivity contribution in [3.63, 3.8) is 0 Å². The first-order valence-electron chi connectivity index (χ1n) is 4.96. The molecule has 0 bridgehead atoms. The van der Waals surface area contributed by atoms with Crippen LogP contribution in [0.4, 0.5) is 5.82 Å². The van der Waals surface area contributed by atoms with Crippen LogP contribution in [0.3, 0.4) is 0 Å². The first-order chi connectivity index (χ1) is 8.94. The number of aromatic nitrogens is 1. The second-order valence-electron chi connectivity index (χ2n) is 3.45. The van der Waals surface area contributed by atoms with E-state index < -0.39 is 16.6 Å². The van der Waals surface area contributed by atoms with Gasteiger partial charge >= 0.3 is 0 Å². The van der Waals surface area contributed by atoms with E-state index in [4.69, 9.17) is 21.1 Å². The molecule has 0 amide bonds. The maximum Gasteiger partial charge on any atom is 0.267 e. The molecule has 0 aliphatic heterocycles. The van der Waals surface area contributed by atoms with Crippen LogP contribution in [0.5, 0.6) is 0 Å². The SMILES string of the molecule is O=S(=O)(Nc1ncccc1Cl)c1cc(CO)oc1Br. The molecule has 0 radical (unpaired) electrons. The van der Waals surface area contributed by atoms with Gasteiger partial charge in [0.1, 0.15) is 17.3 Å². The Balaban J connectivity index is 2.38. The molecular weight excluding hydrogens is 360 g/mol. The summed E-state index contributed by atoms with van der Waals surface area (Å²) in [6.45, 7) is -0.404. The maximum absolute atomic E-state index is 12.1. The van der Waals surface area contributed by atoms with E-state index in [-0.39, 0.29) is 26.2 Å². The Morgan fingerprint density at radius 1 is 1.53 bits per heavy atom. The van der Waals surface area contributed by atoms with Gasteiger partial charge in [-0.2, -0.15) is 0 Å². The molecule has 9 heteroatoms. The fraction of sp³-hybridized carbons (Fsp3) is 0.100. The molecule has 2 N–H and O–H groups in total. The van der Waals surface area contributed by atoms with Crippen molar-refractivity contribution in [1.29, 1.82) is 0 Å². The molecule has 2 aromatic heterocycles. The summed E-state index contributed by atoms with van der Waals surface area (Å²) in [5.74, 6) is 0.141. The van der Waals surface area contributed by atoms with Gasteiger partial charge in [0.05, 0.1) is 5.02 Å². The fourth-order valence-electron chi connectivity index (χ4n) is 1.30. The monoisotopic (exact) mass is 366 g/mol. The fourth-order valence-corrected chi connectivity index (χ4v) is 3.56. The molecule has 0 aliphatic rings. The number of nitrogens with one attached hydrogen (secondary N) is 1. The van der Waals surface area contributed by atoms with Crippen LogP contribution in [0.25, 0.3) is 0 Å². The van der Waals surface area contributed by atoms with Gasteiger partial charge in [-0.1, -0.05) is 11.6 Å². The second kappa shape index (κ2) is 5.49. The number of aliphatic hydroxyl groups excluding tert-OH is 1. The largest absolute Gasteiger partial charge is 0.450 e. The van der Waals surface area contributed by atoms with E-state index in [1.807, 2.05) is 0 Å². The van der Waals surface area contributed by atoms with Crippen molar-refractivity contribution in [3.05, 3.63) is 39.8 Å². The van der Waals surface area contributed by atoms with Crippen LogP contribution in [0, 0.1) is 0 Å². The molecule has 0 aromatic carbocycles. The summed E-state index contributed by atoms with van der Waals surface area (Å²) >= 11 is 8.80. The van der Waals surface area contributed by atoms with Crippen LogP contribution >= 0.6 is 27.5 Å². The molecular formula is C10H8BrClN2O4S. The van der Waals surface area contributed by atoms with Crippen LogP contribution in [0.1, 0.15) is 5.76 Å². The van der Waals surface area contributed by atoms with Gasteiger partial charge < -0.3 is 9.52 Å². The van der Waals surface area contributed by atoms with Crippen LogP contribution in [-0.4, -0.2) is 18.5 Å². The third-order valence-corrected chi connectivity index (χ3v) is 4.64. The first kappa shape index (κ1) is 14.3. The highest BCUT2D eigenvalue weighted by Gasteiger charge is 2.23. The summed E-state index contributed by atoms with van der Waals surface area (Å²) in [6, 6.07) is 4.30. The predicted octanol–water partition coefficient (Wildman–Crippen LogP) is 2.38. The van der Waals surface area contributed by atoms with Gasteiger partial charge in [0.15, 0.2) is 10.5 Å². The second-order valence-corrected chi connectivity index (χ2v) is 6.23. The van der Waals surface area contributed by atoms with Crippen molar-refractivity contribution in [2.75, 3.05) is 4.72 Å². The van der Waals surface area contributed by atoms with Gasteiger partial charge in [-0.05, 0) is 28.1 Å². The number of hydrogen-bond donors (Lipinski definition) is 2. The minimum absolute atomic E-state index is 0.00361. The molecule has 0 spiro atoms. The van der Waals surface area contributed by atoms with E-state index in [9.17, 15) is 8.42 Å². The average molecular weight is 368 g/mol. The van der Waals surface area contributed by atoms with Crippen molar-refractivity contribution < 1.29 is 17.9 Å². The van der Waals surface area contributed by atoms with E-state index in [0.29, 0.717) is 0 Å². The molecule has 6 nitrogen and oxygen atoms in total. The van der Waals surface area contributed by atoms with Gasteiger partial charge in [-0.15, -0.1) is 0 Å². The Bertz CT molecular complexity index is 701. The summed E-state index contributed by atoms with van der Waals surface area (Å²) in [6.07, 6.45) is 1.41. The topological polar surface area (TPSA) is 92.4 Å². The zero-order valence-electron chi connectivity index (χ0n) is 9.30. The van der Waals surface area contributed by atoms with Gasteiger partial charge in [0, 0.05) is 12.3 Å². The molecule has 0 aliphatic carbocycles. The van der Waals surface area contributed by atoms with Gasteiger partial charge in [0.25, 0.3) is 10.0 Å². The van der Waals surface area contributed by atoms with Gasteiger partial charge in [-0.3, -0.25) is 4.72 Å². The Morgan fingerprint density at radius 2 is 2.26 bits per heavy atom. The van der Waals surface area contributed by atoms with Crippen molar-refractivity contribution in [1.82, 2.24) is 4.98 Å². The summed E-state index contributed by atoms with van der Waals surface area (Å²) in [5.41, 5.74) is 0. The molecule has 102 valence electrons. The molecule has 2 rings (SSSR count). The third-order valence-electron chi connectivity index (χ3n) is 2.14. The lowest BCUT2D eigenvalue weighted by Crippen LogP contribution is -2.14. The number of sulfonamides is 1. The minimum Gasteiger partial charge on any atom is -0.450 e. The molecule has 0 saturated heterocycles. The third kappa shape index (κ3) is 3.08. The number of rotatable bonds is 4. The number of halogens is 2. The maximum atomic E-state index is 12.1. The smallest absolute Gasteiger partial charge is 0.267 e. The number of pyridine rings is 1. The molecule has 2 heterocycles. The lowest BCUT2D eigenvalue weighted by Gasteiger charge is -2.06. The first-order valence-corrected chi connectivity index (χ1v) is 7.62. The van der Waals surface area contributed by atoms with E-state index in [2.05, 4.69) is 25.6 Å². The van der Waals surface area contributed by atoms with Crippen molar-refractivity contribution in [2.45, 2.75) is 11.5 Å². The number of hydrogen-bond acceptors (Lipinski definition) is 5. The number of nitrogens with zero attached hydrogens (tertiary/aromatic N) is 1. The van der Waals surface area contributed by atoms with Crippen LogP contribution in [0.2, 0.25) is 5.02 Å². The van der Waals surface area contributed by atoms with Crippen LogP contribution < -0.4 is 4.72 Å². The Hall–Kier alpha value is -1.09. The molecule has 0 atom stereocenters. The van der Waals surface area contributed by atoms with Crippen LogP contribution in [-0.2, 0) is 16.6 Å². The van der Waals surface area contributed by atoms with Crippen molar-refractivity contribution in [3.8, 4) is 0 Å². The summed E-state index contributed by atoms with van der Waals surface area (Å²) in [4.78, 5) is 3.69. The number of anilines is 1.